The maximum absolute atomic E-state index is 11.8. The van der Waals surface area contributed by atoms with E-state index in [1.165, 1.54) is 16.7 Å². The Morgan fingerprint density at radius 2 is 1.87 bits per heavy atom. The van der Waals surface area contributed by atoms with Crippen molar-refractivity contribution in [3.05, 3.63) is 92.9 Å². The summed E-state index contributed by atoms with van der Waals surface area (Å²) < 4.78 is 5.04. The molecule has 4 heteroatoms. The molecule has 0 unspecified atom stereocenters. The predicted octanol–water partition coefficient (Wildman–Crippen LogP) is 6.60. The van der Waals surface area contributed by atoms with Crippen LogP contribution in [0.2, 0.25) is 0 Å². The van der Waals surface area contributed by atoms with Crippen LogP contribution in [0.25, 0.3) is 17.7 Å². The molecule has 0 atom stereocenters. The van der Waals surface area contributed by atoms with E-state index < -0.39 is 0 Å². The first-order chi connectivity index (χ1) is 14.5. The number of allylic oxidation sites excluding steroid dienone is 1. The Balaban J connectivity index is 1.62. The molecule has 1 heterocycles. The Morgan fingerprint density at radius 3 is 2.57 bits per heavy atom. The smallest absolute Gasteiger partial charge is 0.338 e. The van der Waals surface area contributed by atoms with Gasteiger partial charge >= 0.3 is 5.97 Å². The molecule has 0 saturated carbocycles. The highest BCUT2D eigenvalue weighted by molar-refractivity contribution is 7.10. The van der Waals surface area contributed by atoms with E-state index in [0.717, 1.165) is 22.6 Å². The van der Waals surface area contributed by atoms with Gasteiger partial charge in [-0.15, -0.1) is 11.3 Å². The molecule has 0 spiro atoms. The zero-order chi connectivity index (χ0) is 21.1. The van der Waals surface area contributed by atoms with Crippen LogP contribution in [0.3, 0.4) is 0 Å². The van der Waals surface area contributed by atoms with Gasteiger partial charge in [0.2, 0.25) is 0 Å². The summed E-state index contributed by atoms with van der Waals surface area (Å²) in [7, 11) is 0. The van der Waals surface area contributed by atoms with Crippen LogP contribution in [0.4, 0.5) is 0 Å². The van der Waals surface area contributed by atoms with Crippen LogP contribution in [0, 0.1) is 0 Å². The van der Waals surface area contributed by atoms with Gasteiger partial charge in [0.1, 0.15) is 5.01 Å². The van der Waals surface area contributed by atoms with E-state index in [2.05, 4.69) is 55.3 Å². The molecular formula is C26H25NO2S. The van der Waals surface area contributed by atoms with Crippen molar-refractivity contribution in [1.82, 2.24) is 4.98 Å². The molecule has 1 aliphatic carbocycles. The van der Waals surface area contributed by atoms with Gasteiger partial charge in [-0.3, -0.25) is 0 Å². The molecule has 0 fully saturated rings. The van der Waals surface area contributed by atoms with Crippen molar-refractivity contribution in [3.8, 4) is 0 Å². The number of benzene rings is 2. The van der Waals surface area contributed by atoms with Crippen molar-refractivity contribution < 1.29 is 9.53 Å². The Kier molecular flexibility index (Phi) is 5.69. The topological polar surface area (TPSA) is 39.2 Å². The lowest BCUT2D eigenvalue weighted by Crippen LogP contribution is -2.21. The maximum atomic E-state index is 11.8. The first-order valence-electron chi connectivity index (χ1n) is 10.2. The van der Waals surface area contributed by atoms with Crippen molar-refractivity contribution in [2.45, 2.75) is 32.6 Å². The van der Waals surface area contributed by atoms with E-state index in [4.69, 9.17) is 4.74 Å². The number of thiazole rings is 1. The van der Waals surface area contributed by atoms with Crippen molar-refractivity contribution in [1.29, 1.82) is 0 Å². The molecule has 0 saturated heterocycles. The number of rotatable bonds is 5. The zero-order valence-corrected chi connectivity index (χ0v) is 18.3. The van der Waals surface area contributed by atoms with E-state index >= 15 is 0 Å². The average molecular weight is 416 g/mol. The lowest BCUT2D eigenvalue weighted by Gasteiger charge is -2.31. The van der Waals surface area contributed by atoms with Crippen molar-refractivity contribution in [2.75, 3.05) is 6.61 Å². The summed E-state index contributed by atoms with van der Waals surface area (Å²) in [5.41, 5.74) is 6.73. The number of nitrogens with zero attached hydrogens (tertiary/aromatic N) is 1. The predicted molar refractivity (Wildman–Crippen MR) is 125 cm³/mol. The summed E-state index contributed by atoms with van der Waals surface area (Å²) in [5, 5.41) is 3.10. The molecule has 0 radical (unpaired) electrons. The summed E-state index contributed by atoms with van der Waals surface area (Å²) >= 11 is 1.68. The van der Waals surface area contributed by atoms with Crippen LogP contribution in [0.15, 0.2) is 60.1 Å². The van der Waals surface area contributed by atoms with Crippen LogP contribution >= 0.6 is 11.3 Å². The number of aromatic nitrogens is 1. The number of hydrogen-bond acceptors (Lipinski definition) is 4. The fraction of sp³-hybridized carbons (Fsp3) is 0.231. The highest BCUT2D eigenvalue weighted by atomic mass is 32.1. The number of carbonyl (C=O) groups excluding carboxylic acids is 1. The Morgan fingerprint density at radius 1 is 1.13 bits per heavy atom. The molecule has 2 aromatic carbocycles. The maximum Gasteiger partial charge on any atom is 0.338 e. The van der Waals surface area contributed by atoms with E-state index in [1.54, 1.807) is 23.5 Å². The first kappa shape index (κ1) is 20.3. The summed E-state index contributed by atoms with van der Waals surface area (Å²) in [4.78, 5) is 16.3. The largest absolute Gasteiger partial charge is 0.462 e. The monoisotopic (exact) mass is 415 g/mol. The molecule has 0 aliphatic heterocycles. The zero-order valence-electron chi connectivity index (χ0n) is 17.5. The number of hydrogen-bond donors (Lipinski definition) is 0. The van der Waals surface area contributed by atoms with Crippen LogP contribution < -0.4 is 0 Å². The normalized spacial score (nSPS) is 15.0. The summed E-state index contributed by atoms with van der Waals surface area (Å²) in [6, 6.07) is 14.2. The van der Waals surface area contributed by atoms with Gasteiger partial charge in [0.25, 0.3) is 0 Å². The van der Waals surface area contributed by atoms with Gasteiger partial charge in [-0.1, -0.05) is 56.3 Å². The molecule has 3 nitrogen and oxygen atoms in total. The Labute approximate surface area is 181 Å². The fourth-order valence-corrected chi connectivity index (χ4v) is 4.44. The summed E-state index contributed by atoms with van der Waals surface area (Å²) in [6.07, 6.45) is 9.38. The minimum absolute atomic E-state index is 0.112. The Bertz CT molecular complexity index is 1110. The molecule has 0 bridgehead atoms. The Hall–Kier alpha value is -2.98. The van der Waals surface area contributed by atoms with Crippen LogP contribution in [-0.4, -0.2) is 17.6 Å². The second kappa shape index (κ2) is 8.41. The van der Waals surface area contributed by atoms with Crippen molar-refractivity contribution >= 4 is 35.0 Å². The minimum Gasteiger partial charge on any atom is -0.462 e. The van der Waals surface area contributed by atoms with Gasteiger partial charge in [0, 0.05) is 17.2 Å². The number of ether oxygens (including phenoxy) is 1. The molecule has 30 heavy (non-hydrogen) atoms. The van der Waals surface area contributed by atoms with Gasteiger partial charge in [0.15, 0.2) is 0 Å². The molecule has 0 N–H and O–H groups in total. The van der Waals surface area contributed by atoms with Gasteiger partial charge < -0.3 is 4.74 Å². The third-order valence-electron chi connectivity index (χ3n) is 5.43. The summed E-state index contributed by atoms with van der Waals surface area (Å²) in [6.45, 7) is 6.78. The number of carbonyl (C=O) groups is 1. The van der Waals surface area contributed by atoms with Crippen LogP contribution in [0.1, 0.15) is 64.8 Å². The SMILES string of the molecule is CCOC(=O)c1ccc(/C=C/c2ccc3c(c2)C(c2nccs2)=CCC3(C)C)cc1. The third-order valence-corrected chi connectivity index (χ3v) is 6.24. The average Bonchev–Trinajstić information content (AvgIpc) is 3.27. The number of fused-ring (bicyclic) bond motifs is 1. The van der Waals surface area contributed by atoms with Gasteiger partial charge in [0.05, 0.1) is 12.2 Å². The molecule has 1 aliphatic rings. The molecule has 3 aromatic rings. The van der Waals surface area contributed by atoms with E-state index in [0.29, 0.717) is 12.2 Å². The lowest BCUT2D eigenvalue weighted by atomic mass is 9.73. The third kappa shape index (κ3) is 4.14. The lowest BCUT2D eigenvalue weighted by molar-refractivity contribution is 0.0526. The summed E-state index contributed by atoms with van der Waals surface area (Å²) in [5.74, 6) is -0.285. The van der Waals surface area contributed by atoms with Crippen molar-refractivity contribution in [2.24, 2.45) is 0 Å². The quantitative estimate of drug-likeness (QED) is 0.348. The molecule has 0 amide bonds. The van der Waals surface area contributed by atoms with Crippen molar-refractivity contribution in [3.63, 3.8) is 0 Å². The molecule has 4 rings (SSSR count). The second-order valence-corrected chi connectivity index (χ2v) is 8.92. The first-order valence-corrected chi connectivity index (χ1v) is 11.1. The molecule has 152 valence electrons. The molecule has 1 aromatic heterocycles. The van der Waals surface area contributed by atoms with E-state index in [9.17, 15) is 4.79 Å². The van der Waals surface area contributed by atoms with Crippen LogP contribution in [-0.2, 0) is 10.2 Å². The highest BCUT2D eigenvalue weighted by Gasteiger charge is 2.29. The standard InChI is InChI=1S/C26H25NO2S/c1-4-29-25(28)20-10-7-18(8-11-20)5-6-19-9-12-23-22(17-19)21(13-14-26(23,2)3)24-27-15-16-30-24/h5-13,15-17H,4,14H2,1-3H3/b6-5+. The van der Waals surface area contributed by atoms with Gasteiger partial charge in [-0.25, -0.2) is 9.78 Å². The minimum atomic E-state index is -0.285. The van der Waals surface area contributed by atoms with E-state index in [-0.39, 0.29) is 11.4 Å². The van der Waals surface area contributed by atoms with E-state index in [1.807, 2.05) is 30.6 Å². The second-order valence-electron chi connectivity index (χ2n) is 8.02. The molecular weight excluding hydrogens is 390 g/mol. The van der Waals surface area contributed by atoms with Gasteiger partial charge in [-0.2, -0.15) is 0 Å². The van der Waals surface area contributed by atoms with Crippen LogP contribution in [0.5, 0.6) is 0 Å². The number of esters is 1. The fourth-order valence-electron chi connectivity index (χ4n) is 3.75. The highest BCUT2D eigenvalue weighted by Crippen LogP contribution is 2.42. The van der Waals surface area contributed by atoms with Gasteiger partial charge in [-0.05, 0) is 59.2 Å².